The lowest BCUT2D eigenvalue weighted by Crippen LogP contribution is -2.55. The van der Waals surface area contributed by atoms with E-state index in [2.05, 4.69) is 29.6 Å². The zero-order valence-corrected chi connectivity index (χ0v) is 20.1. The number of carbonyl (C=O) groups excluding carboxylic acids is 2. The first-order chi connectivity index (χ1) is 16.9. The Balaban J connectivity index is 1.20. The van der Waals surface area contributed by atoms with Gasteiger partial charge in [0, 0.05) is 19.0 Å². The van der Waals surface area contributed by atoms with Gasteiger partial charge in [-0.1, -0.05) is 62.4 Å². The van der Waals surface area contributed by atoms with Gasteiger partial charge in [0.05, 0.1) is 6.61 Å². The second kappa shape index (κ2) is 10.9. The number of rotatable bonds is 8. The lowest BCUT2D eigenvalue weighted by molar-refractivity contribution is -0.158. The molecular weight excluding hydrogens is 448 g/mol. The van der Waals surface area contributed by atoms with Crippen LogP contribution in [0.4, 0.5) is 4.79 Å². The van der Waals surface area contributed by atoms with E-state index >= 15 is 0 Å². The number of alkyl carbamates (subject to hydrolysis) is 1. The fourth-order valence-corrected chi connectivity index (χ4v) is 5.35. The Kier molecular flexibility index (Phi) is 7.70. The van der Waals surface area contributed by atoms with Crippen molar-refractivity contribution in [2.24, 2.45) is 11.8 Å². The van der Waals surface area contributed by atoms with E-state index in [1.807, 2.05) is 38.1 Å². The first-order valence-corrected chi connectivity index (χ1v) is 12.1. The Morgan fingerprint density at radius 3 is 2.29 bits per heavy atom. The molecule has 2 aromatic carbocycles. The molecule has 8 heteroatoms. The number of aliphatic carboxylic acids is 1. The Morgan fingerprint density at radius 1 is 1.03 bits per heavy atom. The number of amides is 2. The number of piperidine rings is 1. The fraction of sp³-hybridized carbons (Fsp3) is 0.444. The third-order valence-corrected chi connectivity index (χ3v) is 6.82. The van der Waals surface area contributed by atoms with Gasteiger partial charge in [-0.05, 0) is 40.5 Å². The van der Waals surface area contributed by atoms with Crippen LogP contribution < -0.4 is 5.32 Å². The maximum Gasteiger partial charge on any atom is 0.407 e. The Labute approximate surface area is 205 Å². The highest BCUT2D eigenvalue weighted by Gasteiger charge is 2.39. The Morgan fingerprint density at radius 2 is 1.66 bits per heavy atom. The quantitative estimate of drug-likeness (QED) is 0.561. The van der Waals surface area contributed by atoms with Crippen molar-refractivity contribution in [3.8, 4) is 11.1 Å². The molecule has 186 valence electrons. The van der Waals surface area contributed by atoms with E-state index < -0.39 is 18.1 Å². The molecule has 0 aromatic heterocycles. The molecule has 0 radical (unpaired) electrons. The van der Waals surface area contributed by atoms with E-state index in [0.717, 1.165) is 28.7 Å². The third kappa shape index (κ3) is 5.48. The SMILES string of the molecule is CC1CC(C)C(C(=O)O)N(C(=O)COCCNC(=O)OCC2c3ccccc3-c3ccccc32)C1. The van der Waals surface area contributed by atoms with Crippen LogP contribution in [0.25, 0.3) is 11.1 Å². The standard InChI is InChI=1S/C27H32N2O6/c1-17-13-18(2)25(26(31)32)29(14-17)24(30)16-34-12-11-28-27(33)35-15-23-21-9-5-3-7-19(21)20-8-4-6-10-22(20)23/h3-10,17-18,23,25H,11-16H2,1-2H3,(H,28,33)(H,31,32). The molecule has 2 amide bonds. The van der Waals surface area contributed by atoms with Crippen LogP contribution in [0.1, 0.15) is 37.3 Å². The minimum absolute atomic E-state index is 0.0153. The summed E-state index contributed by atoms with van der Waals surface area (Å²) in [6, 6.07) is 15.4. The van der Waals surface area contributed by atoms with Gasteiger partial charge in [0.2, 0.25) is 5.91 Å². The summed E-state index contributed by atoms with van der Waals surface area (Å²) < 4.78 is 10.9. The van der Waals surface area contributed by atoms with Gasteiger partial charge in [0.25, 0.3) is 0 Å². The van der Waals surface area contributed by atoms with Crippen molar-refractivity contribution in [2.45, 2.75) is 32.2 Å². The van der Waals surface area contributed by atoms with Crippen molar-refractivity contribution in [3.05, 3.63) is 59.7 Å². The van der Waals surface area contributed by atoms with E-state index in [0.29, 0.717) is 6.54 Å². The summed E-state index contributed by atoms with van der Waals surface area (Å²) in [4.78, 5) is 37.8. The highest BCUT2D eigenvalue weighted by molar-refractivity contribution is 5.85. The van der Waals surface area contributed by atoms with Gasteiger partial charge in [0.15, 0.2) is 0 Å². The van der Waals surface area contributed by atoms with E-state index in [9.17, 15) is 19.5 Å². The summed E-state index contributed by atoms with van der Waals surface area (Å²) in [6.45, 7) is 4.56. The average Bonchev–Trinajstić information content (AvgIpc) is 3.15. The van der Waals surface area contributed by atoms with Crippen molar-refractivity contribution in [1.29, 1.82) is 0 Å². The van der Waals surface area contributed by atoms with Crippen molar-refractivity contribution in [1.82, 2.24) is 10.2 Å². The molecule has 4 rings (SSSR count). The number of ether oxygens (including phenoxy) is 2. The number of nitrogens with one attached hydrogen (secondary N) is 1. The molecule has 2 aliphatic rings. The van der Waals surface area contributed by atoms with Crippen molar-refractivity contribution in [3.63, 3.8) is 0 Å². The zero-order valence-electron chi connectivity index (χ0n) is 20.1. The van der Waals surface area contributed by atoms with E-state index in [1.54, 1.807) is 0 Å². The van der Waals surface area contributed by atoms with Gasteiger partial charge in [0.1, 0.15) is 19.3 Å². The van der Waals surface area contributed by atoms with Crippen LogP contribution >= 0.6 is 0 Å². The monoisotopic (exact) mass is 480 g/mol. The second-order valence-electron chi connectivity index (χ2n) is 9.45. The predicted octanol–water partition coefficient (Wildman–Crippen LogP) is 3.50. The number of hydrogen-bond donors (Lipinski definition) is 2. The van der Waals surface area contributed by atoms with Crippen LogP contribution in [0.3, 0.4) is 0 Å². The van der Waals surface area contributed by atoms with Crippen LogP contribution in [0.2, 0.25) is 0 Å². The normalized spacial score (nSPS) is 21.2. The van der Waals surface area contributed by atoms with Crippen LogP contribution in [-0.4, -0.2) is 66.9 Å². The Bertz CT molecular complexity index is 1040. The molecule has 3 unspecified atom stereocenters. The molecule has 2 aromatic rings. The number of hydrogen-bond acceptors (Lipinski definition) is 5. The number of carbonyl (C=O) groups is 3. The maximum atomic E-state index is 12.6. The molecular formula is C27H32N2O6. The number of benzene rings is 2. The maximum absolute atomic E-state index is 12.6. The smallest absolute Gasteiger partial charge is 0.407 e. The van der Waals surface area contributed by atoms with Crippen LogP contribution in [0.5, 0.6) is 0 Å². The summed E-state index contributed by atoms with van der Waals surface area (Å²) in [6.07, 6.45) is 0.220. The Hall–Kier alpha value is -3.39. The molecule has 8 nitrogen and oxygen atoms in total. The largest absolute Gasteiger partial charge is 0.480 e. The molecule has 1 aliphatic carbocycles. The predicted molar refractivity (Wildman–Crippen MR) is 130 cm³/mol. The van der Waals surface area contributed by atoms with E-state index in [1.165, 1.54) is 4.90 Å². The number of nitrogens with zero attached hydrogens (tertiary/aromatic N) is 1. The average molecular weight is 481 g/mol. The molecule has 2 N–H and O–H groups in total. The molecule has 35 heavy (non-hydrogen) atoms. The molecule has 1 saturated heterocycles. The summed E-state index contributed by atoms with van der Waals surface area (Å²) in [5.74, 6) is -1.24. The van der Waals surface area contributed by atoms with Crippen molar-refractivity contribution >= 4 is 18.0 Å². The zero-order chi connectivity index (χ0) is 24.9. The fourth-order valence-electron chi connectivity index (χ4n) is 5.35. The van der Waals surface area contributed by atoms with Gasteiger partial charge < -0.3 is 24.8 Å². The lowest BCUT2D eigenvalue weighted by Gasteiger charge is -2.40. The number of carboxylic acid groups (broad SMARTS) is 1. The van der Waals surface area contributed by atoms with E-state index in [4.69, 9.17) is 9.47 Å². The highest BCUT2D eigenvalue weighted by Crippen LogP contribution is 2.44. The first-order valence-electron chi connectivity index (χ1n) is 12.1. The van der Waals surface area contributed by atoms with Gasteiger partial charge in [-0.3, -0.25) is 4.79 Å². The number of fused-ring (bicyclic) bond motifs is 3. The van der Waals surface area contributed by atoms with Crippen molar-refractivity contribution < 1.29 is 29.0 Å². The molecule has 0 saturated carbocycles. The third-order valence-electron chi connectivity index (χ3n) is 6.82. The molecule has 0 spiro atoms. The molecule has 1 heterocycles. The second-order valence-corrected chi connectivity index (χ2v) is 9.45. The molecule has 0 bridgehead atoms. The van der Waals surface area contributed by atoms with Gasteiger partial charge in [-0.25, -0.2) is 9.59 Å². The van der Waals surface area contributed by atoms with Gasteiger partial charge in [-0.2, -0.15) is 0 Å². The minimum atomic E-state index is -0.991. The highest BCUT2D eigenvalue weighted by atomic mass is 16.5. The van der Waals surface area contributed by atoms with Crippen molar-refractivity contribution in [2.75, 3.05) is 32.9 Å². The van der Waals surface area contributed by atoms with Crippen LogP contribution in [0.15, 0.2) is 48.5 Å². The summed E-state index contributed by atoms with van der Waals surface area (Å²) >= 11 is 0. The molecule has 1 fully saturated rings. The van der Waals surface area contributed by atoms with Crippen LogP contribution in [-0.2, 0) is 19.1 Å². The van der Waals surface area contributed by atoms with Gasteiger partial charge >= 0.3 is 12.1 Å². The molecule has 1 aliphatic heterocycles. The van der Waals surface area contributed by atoms with Gasteiger partial charge in [-0.15, -0.1) is 0 Å². The van der Waals surface area contributed by atoms with E-state index in [-0.39, 0.29) is 50.0 Å². The van der Waals surface area contributed by atoms with Crippen LogP contribution in [0, 0.1) is 11.8 Å². The lowest BCUT2D eigenvalue weighted by atomic mass is 9.85. The summed E-state index contributed by atoms with van der Waals surface area (Å²) in [7, 11) is 0. The minimum Gasteiger partial charge on any atom is -0.480 e. The summed E-state index contributed by atoms with van der Waals surface area (Å²) in [5.41, 5.74) is 4.62. The topological polar surface area (TPSA) is 105 Å². The molecule has 3 atom stereocenters. The first kappa shape index (κ1) is 24.7. The number of carboxylic acids is 1. The number of likely N-dealkylation sites (tertiary alicyclic amines) is 1. The summed E-state index contributed by atoms with van der Waals surface area (Å²) in [5, 5.41) is 12.2.